The molecule has 0 saturated heterocycles. The van der Waals surface area contributed by atoms with Crippen LogP contribution in [0.2, 0.25) is 0 Å². The topological polar surface area (TPSA) is 109 Å². The predicted molar refractivity (Wildman–Crippen MR) is 120 cm³/mol. The molecule has 3 aliphatic rings. The van der Waals surface area contributed by atoms with Gasteiger partial charge < -0.3 is 29.0 Å². The molecule has 1 N–H and O–H groups in total. The second-order valence-corrected chi connectivity index (χ2v) is 8.48. The number of allylic oxidation sites excluding steroid dienone is 3. The Morgan fingerprint density at radius 3 is 2.68 bits per heavy atom. The fourth-order valence-electron chi connectivity index (χ4n) is 4.79. The second-order valence-electron chi connectivity index (χ2n) is 8.48. The standard InChI is InChI=1S/C25H29NO8/c1-5-31-8-9-32-25(29)20-14(3)26-16-10-13(2)19(24(28)30-4)23(27)22(16)21(20)15-6-7-17-18(11-15)34-12-33-17/h6-7,11,13,19,21,26H,5,8-10,12H2,1-4H3/t13-,19-,21-/m1/s1. The van der Waals surface area contributed by atoms with Crippen molar-refractivity contribution in [3.05, 3.63) is 46.3 Å². The number of fused-ring (bicyclic) bond motifs is 1. The molecule has 3 atom stereocenters. The van der Waals surface area contributed by atoms with Crippen molar-refractivity contribution in [2.45, 2.75) is 33.1 Å². The number of ether oxygens (including phenoxy) is 5. The SMILES string of the molecule is CCOCCOC(=O)C1=C(C)NC2=C(C(=O)[C@H](C(=O)OC)[C@H](C)C2)[C@@H]1c1ccc2c(c1)OCO2. The number of methoxy groups -OCH3 is 1. The Morgan fingerprint density at radius 2 is 1.94 bits per heavy atom. The summed E-state index contributed by atoms with van der Waals surface area (Å²) in [5, 5.41) is 3.24. The highest BCUT2D eigenvalue weighted by molar-refractivity contribution is 6.12. The molecule has 0 radical (unpaired) electrons. The minimum atomic E-state index is -0.948. The summed E-state index contributed by atoms with van der Waals surface area (Å²) < 4.78 is 26.7. The zero-order valence-corrected chi connectivity index (χ0v) is 19.8. The van der Waals surface area contributed by atoms with Crippen molar-refractivity contribution in [1.82, 2.24) is 5.32 Å². The highest BCUT2D eigenvalue weighted by Crippen LogP contribution is 2.47. The van der Waals surface area contributed by atoms with Gasteiger partial charge in [-0.05, 0) is 43.9 Å². The molecule has 0 fully saturated rings. The molecule has 182 valence electrons. The van der Waals surface area contributed by atoms with Crippen LogP contribution in [0.25, 0.3) is 0 Å². The summed E-state index contributed by atoms with van der Waals surface area (Å²) in [4.78, 5) is 39.5. The molecule has 2 heterocycles. The number of dihydropyridines is 1. The van der Waals surface area contributed by atoms with Gasteiger partial charge in [-0.1, -0.05) is 13.0 Å². The average molecular weight is 472 g/mol. The Kier molecular flexibility index (Phi) is 6.92. The van der Waals surface area contributed by atoms with Crippen LogP contribution in [-0.2, 0) is 28.6 Å². The molecule has 0 bridgehead atoms. The molecule has 9 heteroatoms. The van der Waals surface area contributed by atoms with Gasteiger partial charge >= 0.3 is 11.9 Å². The number of ketones is 1. The van der Waals surface area contributed by atoms with E-state index in [1.807, 2.05) is 13.8 Å². The maximum absolute atomic E-state index is 13.7. The third kappa shape index (κ3) is 4.27. The zero-order valence-electron chi connectivity index (χ0n) is 19.8. The first kappa shape index (κ1) is 23.8. The summed E-state index contributed by atoms with van der Waals surface area (Å²) in [6.07, 6.45) is 0.464. The largest absolute Gasteiger partial charge is 0.468 e. The number of carbonyl (C=O) groups is 3. The number of hydrogen-bond donors (Lipinski definition) is 1. The molecule has 2 aliphatic heterocycles. The summed E-state index contributed by atoms with van der Waals surface area (Å²) in [5.41, 5.74) is 2.64. The van der Waals surface area contributed by atoms with Gasteiger partial charge in [0.1, 0.15) is 12.5 Å². The number of nitrogens with one attached hydrogen (secondary N) is 1. The van der Waals surface area contributed by atoms with Crippen molar-refractivity contribution >= 4 is 17.7 Å². The Morgan fingerprint density at radius 1 is 1.18 bits per heavy atom. The number of esters is 2. The van der Waals surface area contributed by atoms with Gasteiger partial charge in [0.15, 0.2) is 17.3 Å². The van der Waals surface area contributed by atoms with Gasteiger partial charge in [0.25, 0.3) is 0 Å². The Balaban J connectivity index is 1.78. The molecule has 1 aliphatic carbocycles. The smallest absolute Gasteiger partial charge is 0.336 e. The molecule has 9 nitrogen and oxygen atoms in total. The maximum Gasteiger partial charge on any atom is 0.336 e. The minimum Gasteiger partial charge on any atom is -0.468 e. The Labute approximate surface area is 198 Å². The van der Waals surface area contributed by atoms with Crippen LogP contribution in [0.4, 0.5) is 0 Å². The second kappa shape index (κ2) is 9.89. The van der Waals surface area contributed by atoms with E-state index in [1.54, 1.807) is 25.1 Å². The van der Waals surface area contributed by atoms with Crippen LogP contribution in [0.5, 0.6) is 11.5 Å². The van der Waals surface area contributed by atoms with Crippen molar-refractivity contribution in [2.75, 3.05) is 33.7 Å². The first-order valence-electron chi connectivity index (χ1n) is 11.3. The van der Waals surface area contributed by atoms with Crippen LogP contribution in [0.1, 0.15) is 38.7 Å². The number of carbonyl (C=O) groups excluding carboxylic acids is 3. The molecule has 0 saturated carbocycles. The number of Topliss-reactive ketones (excluding diaryl/α,β-unsaturated/α-hetero) is 1. The minimum absolute atomic E-state index is 0.0823. The van der Waals surface area contributed by atoms with E-state index in [9.17, 15) is 14.4 Å². The number of hydrogen-bond acceptors (Lipinski definition) is 9. The monoisotopic (exact) mass is 471 g/mol. The molecular formula is C25H29NO8. The number of benzene rings is 1. The van der Waals surface area contributed by atoms with Gasteiger partial charge in [-0.3, -0.25) is 9.59 Å². The summed E-state index contributed by atoms with van der Waals surface area (Å²) >= 11 is 0. The molecular weight excluding hydrogens is 442 g/mol. The zero-order chi connectivity index (χ0) is 24.4. The molecule has 34 heavy (non-hydrogen) atoms. The maximum atomic E-state index is 13.7. The highest BCUT2D eigenvalue weighted by Gasteiger charge is 2.47. The lowest BCUT2D eigenvalue weighted by molar-refractivity contribution is -0.151. The van der Waals surface area contributed by atoms with E-state index >= 15 is 0 Å². The predicted octanol–water partition coefficient (Wildman–Crippen LogP) is 2.61. The van der Waals surface area contributed by atoms with Crippen LogP contribution in [0.15, 0.2) is 40.7 Å². The highest BCUT2D eigenvalue weighted by atomic mass is 16.7. The van der Waals surface area contributed by atoms with E-state index in [2.05, 4.69) is 5.32 Å². The first-order chi connectivity index (χ1) is 16.4. The van der Waals surface area contributed by atoms with Crippen molar-refractivity contribution in [3.63, 3.8) is 0 Å². The van der Waals surface area contributed by atoms with Crippen LogP contribution >= 0.6 is 0 Å². The molecule has 0 unspecified atom stereocenters. The van der Waals surface area contributed by atoms with Gasteiger partial charge in [0, 0.05) is 29.5 Å². The lowest BCUT2D eigenvalue weighted by Crippen LogP contribution is -2.43. The van der Waals surface area contributed by atoms with E-state index in [0.29, 0.717) is 52.6 Å². The summed E-state index contributed by atoms with van der Waals surface area (Å²) in [6, 6.07) is 5.32. The van der Waals surface area contributed by atoms with Crippen molar-refractivity contribution in [1.29, 1.82) is 0 Å². The number of rotatable bonds is 7. The first-order valence-corrected chi connectivity index (χ1v) is 11.3. The van der Waals surface area contributed by atoms with E-state index < -0.39 is 23.8 Å². The third-order valence-corrected chi connectivity index (χ3v) is 6.36. The van der Waals surface area contributed by atoms with E-state index in [1.165, 1.54) is 7.11 Å². The molecule has 1 aromatic rings. The summed E-state index contributed by atoms with van der Waals surface area (Å²) in [6.45, 7) is 6.45. The normalized spacial score (nSPS) is 23.4. The van der Waals surface area contributed by atoms with Crippen molar-refractivity contribution in [3.8, 4) is 11.5 Å². The van der Waals surface area contributed by atoms with Gasteiger partial charge in [0.05, 0.1) is 19.3 Å². The Hall–Kier alpha value is -3.33. The van der Waals surface area contributed by atoms with Crippen molar-refractivity contribution < 1.29 is 38.1 Å². The van der Waals surface area contributed by atoms with Crippen LogP contribution in [0, 0.1) is 11.8 Å². The van der Waals surface area contributed by atoms with Crippen LogP contribution in [0.3, 0.4) is 0 Å². The van der Waals surface area contributed by atoms with Gasteiger partial charge in [-0.25, -0.2) is 4.79 Å². The van der Waals surface area contributed by atoms with E-state index in [-0.39, 0.29) is 31.7 Å². The molecule has 4 rings (SSSR count). The molecule has 0 amide bonds. The van der Waals surface area contributed by atoms with Crippen molar-refractivity contribution in [2.24, 2.45) is 11.8 Å². The summed E-state index contributed by atoms with van der Waals surface area (Å²) in [5.74, 6) is -2.32. The molecule has 0 aromatic heterocycles. The lowest BCUT2D eigenvalue weighted by Gasteiger charge is -2.38. The van der Waals surface area contributed by atoms with Crippen LogP contribution in [-0.4, -0.2) is 51.4 Å². The Bertz CT molecular complexity index is 1070. The van der Waals surface area contributed by atoms with E-state index in [0.717, 1.165) is 0 Å². The fraction of sp³-hybridized carbons (Fsp3) is 0.480. The van der Waals surface area contributed by atoms with E-state index in [4.69, 9.17) is 23.7 Å². The third-order valence-electron chi connectivity index (χ3n) is 6.36. The molecule has 0 spiro atoms. The van der Waals surface area contributed by atoms with Gasteiger partial charge in [0.2, 0.25) is 6.79 Å². The van der Waals surface area contributed by atoms with Gasteiger partial charge in [-0.2, -0.15) is 0 Å². The quantitative estimate of drug-likeness (QED) is 0.365. The summed E-state index contributed by atoms with van der Waals surface area (Å²) in [7, 11) is 1.27. The lowest BCUT2D eigenvalue weighted by atomic mass is 9.69. The average Bonchev–Trinajstić information content (AvgIpc) is 3.28. The fourth-order valence-corrected chi connectivity index (χ4v) is 4.79. The van der Waals surface area contributed by atoms with Crippen LogP contribution < -0.4 is 14.8 Å². The van der Waals surface area contributed by atoms with Gasteiger partial charge in [-0.15, -0.1) is 0 Å². The molecule has 1 aromatic carbocycles.